The summed E-state index contributed by atoms with van der Waals surface area (Å²) >= 11 is 0. The van der Waals surface area contributed by atoms with Crippen LogP contribution in [-0.4, -0.2) is 16.9 Å². The molecule has 0 bridgehead atoms. The van der Waals surface area contributed by atoms with Gasteiger partial charge in [-0.1, -0.05) is 30.3 Å². The van der Waals surface area contributed by atoms with Crippen molar-refractivity contribution in [3.8, 4) is 0 Å². The van der Waals surface area contributed by atoms with E-state index in [0.717, 1.165) is 5.56 Å². The van der Waals surface area contributed by atoms with Gasteiger partial charge in [-0.05, 0) is 50.5 Å². The normalized spacial score (nSPS) is 11.0. The van der Waals surface area contributed by atoms with Gasteiger partial charge in [0.15, 0.2) is 0 Å². The summed E-state index contributed by atoms with van der Waals surface area (Å²) in [7, 11) is 0. The lowest BCUT2D eigenvalue weighted by molar-refractivity contribution is -0.116. The van der Waals surface area contributed by atoms with Gasteiger partial charge in [-0.25, -0.2) is 4.79 Å². The topological polar surface area (TPSA) is 84.2 Å². The van der Waals surface area contributed by atoms with Gasteiger partial charge < -0.3 is 15.1 Å². The van der Waals surface area contributed by atoms with Crippen molar-refractivity contribution in [3.05, 3.63) is 64.0 Å². The molecule has 2 aromatic carbocycles. The van der Waals surface area contributed by atoms with Crippen LogP contribution in [0.2, 0.25) is 0 Å². The maximum absolute atomic E-state index is 12.4. The van der Waals surface area contributed by atoms with Crippen molar-refractivity contribution in [2.45, 2.75) is 39.7 Å². The largest absolute Gasteiger partial charge is 0.389 e. The molecule has 0 aliphatic heterocycles. The van der Waals surface area contributed by atoms with Crippen LogP contribution in [0.25, 0.3) is 10.9 Å². The molecule has 0 saturated heterocycles. The second kappa shape index (κ2) is 8.03. The number of fused-ring (bicyclic) bond motifs is 1. The third-order valence-electron chi connectivity index (χ3n) is 4.23. The smallest absolute Gasteiger partial charge is 0.348 e. The number of nitrogens with zero attached hydrogens (tertiary/aromatic N) is 1. The first kappa shape index (κ1) is 18.6. The molecule has 3 aromatic rings. The number of aromatic nitrogens is 1. The summed E-state index contributed by atoms with van der Waals surface area (Å²) in [5.41, 5.74) is 2.42. The van der Waals surface area contributed by atoms with Gasteiger partial charge >= 0.3 is 5.63 Å². The van der Waals surface area contributed by atoms with E-state index in [1.54, 1.807) is 19.1 Å². The second-order valence-corrected chi connectivity index (χ2v) is 6.77. The number of hydrogen-bond donors (Lipinski definition) is 2. The molecule has 6 heteroatoms. The molecular formula is C21H23N3O3. The van der Waals surface area contributed by atoms with Crippen LogP contribution in [0.15, 0.2) is 51.7 Å². The molecule has 1 aromatic heterocycles. The number of carbonyl (C=O) groups excluding carboxylic acids is 1. The van der Waals surface area contributed by atoms with Crippen LogP contribution in [0, 0.1) is 6.92 Å². The highest BCUT2D eigenvalue weighted by Crippen LogP contribution is 2.23. The maximum atomic E-state index is 12.4. The molecule has 27 heavy (non-hydrogen) atoms. The molecule has 0 aliphatic rings. The van der Waals surface area contributed by atoms with Crippen LogP contribution in [0.1, 0.15) is 31.4 Å². The SMILES string of the molecule is Cc1c(NC(=O)CCc2ccccc2)ccc2nc(NC(C)C)oc(=O)c12. The van der Waals surface area contributed by atoms with Crippen LogP contribution in [-0.2, 0) is 11.2 Å². The van der Waals surface area contributed by atoms with E-state index in [4.69, 9.17) is 4.42 Å². The van der Waals surface area contributed by atoms with E-state index in [2.05, 4.69) is 15.6 Å². The van der Waals surface area contributed by atoms with Gasteiger partial charge in [0.1, 0.15) is 0 Å². The molecule has 2 N–H and O–H groups in total. The molecule has 0 aliphatic carbocycles. The van der Waals surface area contributed by atoms with Crippen LogP contribution in [0.4, 0.5) is 11.7 Å². The van der Waals surface area contributed by atoms with Gasteiger partial charge in [-0.2, -0.15) is 4.98 Å². The Hall–Kier alpha value is -3.15. The van der Waals surface area contributed by atoms with Crippen molar-refractivity contribution in [2.75, 3.05) is 10.6 Å². The lowest BCUT2D eigenvalue weighted by atomic mass is 10.1. The number of carbonyl (C=O) groups is 1. The Morgan fingerprint density at radius 1 is 1.15 bits per heavy atom. The van der Waals surface area contributed by atoms with E-state index in [9.17, 15) is 9.59 Å². The first-order valence-corrected chi connectivity index (χ1v) is 8.99. The minimum atomic E-state index is -0.471. The van der Waals surface area contributed by atoms with E-state index in [1.807, 2.05) is 44.2 Å². The zero-order valence-electron chi connectivity index (χ0n) is 15.7. The van der Waals surface area contributed by atoms with Gasteiger partial charge in [0, 0.05) is 18.2 Å². The van der Waals surface area contributed by atoms with Crippen LogP contribution < -0.4 is 16.3 Å². The minimum absolute atomic E-state index is 0.0994. The first-order valence-electron chi connectivity index (χ1n) is 8.99. The van der Waals surface area contributed by atoms with Gasteiger partial charge in [-0.15, -0.1) is 0 Å². The van der Waals surface area contributed by atoms with Crippen molar-refractivity contribution in [2.24, 2.45) is 0 Å². The predicted octanol–water partition coefficient (Wildman–Crippen LogP) is 3.89. The summed E-state index contributed by atoms with van der Waals surface area (Å²) < 4.78 is 5.26. The van der Waals surface area contributed by atoms with E-state index in [-0.39, 0.29) is 18.0 Å². The number of anilines is 2. The van der Waals surface area contributed by atoms with E-state index < -0.39 is 5.63 Å². The molecule has 1 heterocycles. The number of aryl methyl sites for hydroxylation is 2. The predicted molar refractivity (Wildman–Crippen MR) is 107 cm³/mol. The van der Waals surface area contributed by atoms with Crippen molar-refractivity contribution >= 4 is 28.5 Å². The van der Waals surface area contributed by atoms with E-state index in [0.29, 0.717) is 35.0 Å². The highest BCUT2D eigenvalue weighted by molar-refractivity contribution is 5.95. The molecule has 0 fully saturated rings. The Morgan fingerprint density at radius 2 is 1.89 bits per heavy atom. The lowest BCUT2D eigenvalue weighted by Crippen LogP contribution is -2.16. The van der Waals surface area contributed by atoms with Gasteiger partial charge in [0.05, 0.1) is 10.9 Å². The summed E-state index contributed by atoms with van der Waals surface area (Å²) in [5.74, 6) is -0.100. The quantitative estimate of drug-likeness (QED) is 0.692. The molecule has 1 amide bonds. The summed E-state index contributed by atoms with van der Waals surface area (Å²) in [6, 6.07) is 13.6. The Bertz CT molecular complexity index is 1010. The second-order valence-electron chi connectivity index (χ2n) is 6.77. The van der Waals surface area contributed by atoms with Crippen molar-refractivity contribution in [1.29, 1.82) is 0 Å². The maximum Gasteiger partial charge on any atom is 0.348 e. The molecule has 0 unspecified atom stereocenters. The molecule has 0 radical (unpaired) electrons. The fraction of sp³-hybridized carbons (Fsp3) is 0.286. The van der Waals surface area contributed by atoms with Gasteiger partial charge in [-0.3, -0.25) is 4.79 Å². The molecule has 0 spiro atoms. The standard InChI is InChI=1S/C21H23N3O3/c1-13(2)22-21-24-17-11-10-16(14(3)19(17)20(26)27-21)23-18(25)12-9-15-7-5-4-6-8-15/h4-8,10-11,13H,9,12H2,1-3H3,(H,22,24)(H,23,25). The zero-order chi connectivity index (χ0) is 19.4. The van der Waals surface area contributed by atoms with Crippen molar-refractivity contribution in [1.82, 2.24) is 4.98 Å². The molecule has 140 valence electrons. The summed E-state index contributed by atoms with van der Waals surface area (Å²) in [5, 5.41) is 6.25. The number of rotatable bonds is 6. The van der Waals surface area contributed by atoms with Crippen molar-refractivity contribution in [3.63, 3.8) is 0 Å². The van der Waals surface area contributed by atoms with Crippen LogP contribution >= 0.6 is 0 Å². The Kier molecular flexibility index (Phi) is 5.54. The Morgan fingerprint density at radius 3 is 2.59 bits per heavy atom. The third-order valence-corrected chi connectivity index (χ3v) is 4.23. The minimum Gasteiger partial charge on any atom is -0.389 e. The van der Waals surface area contributed by atoms with Gasteiger partial charge in [0.2, 0.25) is 5.91 Å². The Labute approximate surface area is 157 Å². The molecule has 0 saturated carbocycles. The molecule has 0 atom stereocenters. The van der Waals surface area contributed by atoms with Gasteiger partial charge in [0.25, 0.3) is 6.01 Å². The third kappa shape index (κ3) is 4.53. The summed E-state index contributed by atoms with van der Waals surface area (Å²) in [4.78, 5) is 29.0. The highest BCUT2D eigenvalue weighted by Gasteiger charge is 2.14. The van der Waals surface area contributed by atoms with E-state index >= 15 is 0 Å². The number of nitrogens with one attached hydrogen (secondary N) is 2. The fourth-order valence-corrected chi connectivity index (χ4v) is 2.88. The molecular weight excluding hydrogens is 342 g/mol. The average Bonchev–Trinajstić information content (AvgIpc) is 2.62. The zero-order valence-corrected chi connectivity index (χ0v) is 15.7. The van der Waals surface area contributed by atoms with Crippen LogP contribution in [0.3, 0.4) is 0 Å². The molecule has 3 rings (SSSR count). The Balaban J connectivity index is 1.79. The molecule has 6 nitrogen and oxygen atoms in total. The van der Waals surface area contributed by atoms with Crippen molar-refractivity contribution < 1.29 is 9.21 Å². The fourth-order valence-electron chi connectivity index (χ4n) is 2.88. The lowest BCUT2D eigenvalue weighted by Gasteiger charge is -2.12. The number of benzene rings is 2. The van der Waals surface area contributed by atoms with E-state index in [1.165, 1.54) is 0 Å². The first-order chi connectivity index (χ1) is 12.9. The monoisotopic (exact) mass is 365 g/mol. The summed E-state index contributed by atoms with van der Waals surface area (Å²) in [6.45, 7) is 5.65. The number of hydrogen-bond acceptors (Lipinski definition) is 5. The number of amides is 1. The van der Waals surface area contributed by atoms with Crippen LogP contribution in [0.5, 0.6) is 0 Å². The average molecular weight is 365 g/mol. The summed E-state index contributed by atoms with van der Waals surface area (Å²) in [6.07, 6.45) is 1.03. The highest BCUT2D eigenvalue weighted by atomic mass is 16.4.